The summed E-state index contributed by atoms with van der Waals surface area (Å²) in [5, 5.41) is 0. The summed E-state index contributed by atoms with van der Waals surface area (Å²) in [6, 6.07) is 9.14. The average Bonchev–Trinajstić information content (AvgIpc) is 3.10. The highest BCUT2D eigenvalue weighted by Gasteiger charge is 2.35. The topological polar surface area (TPSA) is 45.1 Å². The molecule has 1 aliphatic carbocycles. The monoisotopic (exact) mass is 439 g/mol. The second kappa shape index (κ2) is 12.7. The molecule has 1 saturated heterocycles. The van der Waals surface area contributed by atoms with Gasteiger partial charge in [0.25, 0.3) is 5.91 Å². The molecule has 1 aromatic rings. The second-order valence-corrected chi connectivity index (χ2v) is 8.95. The van der Waals surface area contributed by atoms with Crippen LogP contribution in [0.15, 0.2) is 35.0 Å². The third-order valence-corrected chi connectivity index (χ3v) is 6.56. The van der Waals surface area contributed by atoms with Gasteiger partial charge in [-0.25, -0.2) is 4.99 Å². The van der Waals surface area contributed by atoms with E-state index in [1.165, 1.54) is 44.2 Å². The van der Waals surface area contributed by atoms with E-state index in [9.17, 15) is 4.79 Å². The fourth-order valence-corrected chi connectivity index (χ4v) is 4.56. The number of anilines is 1. The van der Waals surface area contributed by atoms with Gasteiger partial charge in [-0.2, -0.15) is 0 Å². The molecule has 0 unspecified atom stereocenters. The molecule has 0 atom stereocenters. The van der Waals surface area contributed by atoms with Gasteiger partial charge in [-0.1, -0.05) is 64.0 Å². The van der Waals surface area contributed by atoms with Gasteiger partial charge in [0.2, 0.25) is 0 Å². The lowest BCUT2D eigenvalue weighted by Crippen LogP contribution is -2.32. The van der Waals surface area contributed by atoms with Crippen molar-refractivity contribution in [1.82, 2.24) is 4.90 Å². The summed E-state index contributed by atoms with van der Waals surface area (Å²) in [5.41, 5.74) is 2.18. The van der Waals surface area contributed by atoms with Crippen molar-refractivity contribution >= 4 is 23.7 Å². The number of amides is 1. The molecule has 1 aliphatic heterocycles. The molecule has 3 rings (SSSR count). The van der Waals surface area contributed by atoms with E-state index in [2.05, 4.69) is 49.9 Å². The Hall–Kier alpha value is -2.30. The number of nitrogens with zero attached hydrogens (tertiary/aromatic N) is 3. The maximum Gasteiger partial charge on any atom is 0.300 e. The Kier molecular flexibility index (Phi) is 9.63. The third kappa shape index (κ3) is 6.60. The SMILES string of the molecule is CCCCCCCN1C(=O)/C(=C\c2ccc(N(CC)CC)cc2)O/C1=N\C1CCCCC1. The summed E-state index contributed by atoms with van der Waals surface area (Å²) in [4.78, 5) is 22.2. The van der Waals surface area contributed by atoms with Gasteiger partial charge in [0.05, 0.1) is 6.04 Å². The summed E-state index contributed by atoms with van der Waals surface area (Å²) in [6.45, 7) is 9.19. The molecule has 0 radical (unpaired) electrons. The molecule has 0 aromatic heterocycles. The standard InChI is InChI=1S/C27H41N3O2/c1-4-7-8-9-13-20-30-26(31)25(32-27(30)28-23-14-11-10-12-15-23)21-22-16-18-24(19-17-22)29(5-2)6-3/h16-19,21,23H,4-15,20H2,1-3H3/b25-21+,28-27-. The van der Waals surface area contributed by atoms with E-state index in [1.807, 2.05) is 6.08 Å². The number of carbonyl (C=O) groups excluding carboxylic acids is 1. The lowest BCUT2D eigenvalue weighted by Gasteiger charge is -2.20. The van der Waals surface area contributed by atoms with Crippen molar-refractivity contribution in [2.45, 2.75) is 91.0 Å². The van der Waals surface area contributed by atoms with Crippen LogP contribution in [0.2, 0.25) is 0 Å². The molecule has 5 heteroatoms. The molecule has 1 saturated carbocycles. The first-order chi connectivity index (χ1) is 15.7. The van der Waals surface area contributed by atoms with Gasteiger partial charge in [0, 0.05) is 25.3 Å². The Balaban J connectivity index is 1.74. The van der Waals surface area contributed by atoms with Crippen LogP contribution in [0.5, 0.6) is 0 Å². The van der Waals surface area contributed by atoms with E-state index < -0.39 is 0 Å². The minimum absolute atomic E-state index is 0.0529. The van der Waals surface area contributed by atoms with Crippen LogP contribution in [0.1, 0.15) is 90.5 Å². The minimum Gasteiger partial charge on any atom is -0.420 e. The van der Waals surface area contributed by atoms with Crippen molar-refractivity contribution in [2.24, 2.45) is 4.99 Å². The van der Waals surface area contributed by atoms with Crippen LogP contribution in [0.3, 0.4) is 0 Å². The molecule has 2 fully saturated rings. The first-order valence-electron chi connectivity index (χ1n) is 12.8. The fraction of sp³-hybridized carbons (Fsp3) is 0.630. The highest BCUT2D eigenvalue weighted by Crippen LogP contribution is 2.26. The van der Waals surface area contributed by atoms with Gasteiger partial charge in [-0.3, -0.25) is 9.69 Å². The number of hydrogen-bond acceptors (Lipinski definition) is 4. The predicted molar refractivity (Wildman–Crippen MR) is 134 cm³/mol. The van der Waals surface area contributed by atoms with Gasteiger partial charge in [0.1, 0.15) is 0 Å². The molecule has 32 heavy (non-hydrogen) atoms. The van der Waals surface area contributed by atoms with Crippen molar-refractivity contribution in [3.05, 3.63) is 35.6 Å². The van der Waals surface area contributed by atoms with Crippen molar-refractivity contribution in [3.63, 3.8) is 0 Å². The van der Waals surface area contributed by atoms with Crippen molar-refractivity contribution in [2.75, 3.05) is 24.5 Å². The number of carbonyl (C=O) groups is 1. The number of ether oxygens (including phenoxy) is 1. The first kappa shape index (κ1) is 24.3. The summed E-state index contributed by atoms with van der Waals surface area (Å²) in [5.74, 6) is 0.339. The summed E-state index contributed by atoms with van der Waals surface area (Å²) in [6.07, 6.45) is 13.6. The molecule has 176 valence electrons. The van der Waals surface area contributed by atoms with E-state index in [0.29, 0.717) is 18.3 Å². The Bertz CT molecular complexity index is 775. The predicted octanol–water partition coefficient (Wildman–Crippen LogP) is 6.39. The van der Waals surface area contributed by atoms with Crippen molar-refractivity contribution < 1.29 is 9.53 Å². The minimum atomic E-state index is -0.0529. The molecule has 0 spiro atoms. The van der Waals surface area contributed by atoms with Gasteiger partial charge in [-0.15, -0.1) is 0 Å². The van der Waals surface area contributed by atoms with Crippen LogP contribution < -0.4 is 4.90 Å². The number of unbranched alkanes of at least 4 members (excludes halogenated alkanes) is 4. The summed E-state index contributed by atoms with van der Waals surface area (Å²) < 4.78 is 6.07. The summed E-state index contributed by atoms with van der Waals surface area (Å²) >= 11 is 0. The van der Waals surface area contributed by atoms with Gasteiger partial charge in [0.15, 0.2) is 5.76 Å². The smallest absolute Gasteiger partial charge is 0.300 e. The highest BCUT2D eigenvalue weighted by molar-refractivity contribution is 6.11. The normalized spacial score (nSPS) is 19.7. The van der Waals surface area contributed by atoms with E-state index in [1.54, 1.807) is 4.90 Å². The van der Waals surface area contributed by atoms with Crippen molar-refractivity contribution in [1.29, 1.82) is 0 Å². The average molecular weight is 440 g/mol. The van der Waals surface area contributed by atoms with Crippen LogP contribution >= 0.6 is 0 Å². The highest BCUT2D eigenvalue weighted by atomic mass is 16.5. The molecular weight excluding hydrogens is 398 g/mol. The lowest BCUT2D eigenvalue weighted by molar-refractivity contribution is -0.122. The van der Waals surface area contributed by atoms with Crippen LogP contribution in [-0.4, -0.2) is 42.5 Å². The quantitative estimate of drug-likeness (QED) is 0.296. The Morgan fingerprint density at radius 3 is 2.34 bits per heavy atom. The van der Waals surface area contributed by atoms with Crippen LogP contribution in [0.4, 0.5) is 5.69 Å². The fourth-order valence-electron chi connectivity index (χ4n) is 4.56. The molecule has 0 N–H and O–H groups in total. The van der Waals surface area contributed by atoms with E-state index in [0.717, 1.165) is 44.3 Å². The van der Waals surface area contributed by atoms with Gasteiger partial charge >= 0.3 is 6.02 Å². The maximum absolute atomic E-state index is 13.2. The van der Waals surface area contributed by atoms with Crippen LogP contribution in [-0.2, 0) is 9.53 Å². The number of rotatable bonds is 11. The Labute approximate surface area is 194 Å². The largest absolute Gasteiger partial charge is 0.420 e. The second-order valence-electron chi connectivity index (χ2n) is 8.95. The van der Waals surface area contributed by atoms with Crippen molar-refractivity contribution in [3.8, 4) is 0 Å². The van der Waals surface area contributed by atoms with Crippen LogP contribution in [0, 0.1) is 0 Å². The van der Waals surface area contributed by atoms with E-state index in [4.69, 9.17) is 9.73 Å². The molecular formula is C27H41N3O2. The third-order valence-electron chi connectivity index (χ3n) is 6.56. The molecule has 1 amide bonds. The lowest BCUT2D eigenvalue weighted by atomic mass is 9.96. The van der Waals surface area contributed by atoms with Crippen LogP contribution in [0.25, 0.3) is 6.08 Å². The molecule has 0 bridgehead atoms. The van der Waals surface area contributed by atoms with E-state index in [-0.39, 0.29) is 11.9 Å². The maximum atomic E-state index is 13.2. The Morgan fingerprint density at radius 1 is 1.00 bits per heavy atom. The molecule has 5 nitrogen and oxygen atoms in total. The number of hydrogen-bond donors (Lipinski definition) is 0. The molecule has 1 aromatic carbocycles. The number of amidine groups is 1. The van der Waals surface area contributed by atoms with E-state index >= 15 is 0 Å². The molecule has 2 aliphatic rings. The number of aliphatic imine (C=N–C) groups is 1. The van der Waals surface area contributed by atoms with Gasteiger partial charge in [-0.05, 0) is 56.9 Å². The molecule has 1 heterocycles. The first-order valence-corrected chi connectivity index (χ1v) is 12.8. The zero-order valence-corrected chi connectivity index (χ0v) is 20.3. The number of benzene rings is 1. The zero-order valence-electron chi connectivity index (χ0n) is 20.3. The van der Waals surface area contributed by atoms with Gasteiger partial charge < -0.3 is 9.64 Å². The summed E-state index contributed by atoms with van der Waals surface area (Å²) in [7, 11) is 0. The zero-order chi connectivity index (χ0) is 22.8. The Morgan fingerprint density at radius 2 is 1.69 bits per heavy atom.